The molecular formula is C17H17FN4O2. The van der Waals surface area contributed by atoms with E-state index in [2.05, 4.69) is 15.4 Å². The Bertz CT molecular complexity index is 772. The smallest absolute Gasteiger partial charge is 0.213 e. The normalized spacial score (nSPS) is 10.6. The summed E-state index contributed by atoms with van der Waals surface area (Å²) in [6.45, 7) is 0.766. The van der Waals surface area contributed by atoms with Gasteiger partial charge >= 0.3 is 0 Å². The van der Waals surface area contributed by atoms with Gasteiger partial charge in [0.25, 0.3) is 0 Å². The highest BCUT2D eigenvalue weighted by molar-refractivity contribution is 5.42. The van der Waals surface area contributed by atoms with Crippen LogP contribution in [0, 0.1) is 5.82 Å². The molecular weight excluding hydrogens is 311 g/mol. The van der Waals surface area contributed by atoms with E-state index in [0.717, 1.165) is 16.9 Å². The van der Waals surface area contributed by atoms with Crippen LogP contribution in [0.25, 0.3) is 5.69 Å². The van der Waals surface area contributed by atoms with Gasteiger partial charge in [0.2, 0.25) is 5.88 Å². The second-order valence-electron chi connectivity index (χ2n) is 5.08. The van der Waals surface area contributed by atoms with E-state index >= 15 is 0 Å². The lowest BCUT2D eigenvalue weighted by molar-refractivity contribution is 0.196. The molecule has 3 aromatic rings. The Labute approximate surface area is 138 Å². The van der Waals surface area contributed by atoms with Gasteiger partial charge < -0.3 is 15.2 Å². The third kappa shape index (κ3) is 4.08. The van der Waals surface area contributed by atoms with Crippen molar-refractivity contribution in [1.29, 1.82) is 0 Å². The van der Waals surface area contributed by atoms with Gasteiger partial charge in [-0.1, -0.05) is 0 Å². The van der Waals surface area contributed by atoms with Crippen molar-refractivity contribution in [2.24, 2.45) is 0 Å². The minimum Gasteiger partial charge on any atom is -0.475 e. The SMILES string of the molecule is OCCOc1ccc(NCc2cnn(-c3ccc(F)cc3)c2)cn1. The summed E-state index contributed by atoms with van der Waals surface area (Å²) in [5.74, 6) is 0.199. The van der Waals surface area contributed by atoms with Crippen LogP contribution in [0.4, 0.5) is 10.1 Å². The Balaban J connectivity index is 1.58. The first-order chi connectivity index (χ1) is 11.7. The van der Waals surface area contributed by atoms with E-state index in [9.17, 15) is 4.39 Å². The number of hydrogen-bond donors (Lipinski definition) is 2. The van der Waals surface area contributed by atoms with Gasteiger partial charge in [0.05, 0.1) is 30.4 Å². The van der Waals surface area contributed by atoms with Gasteiger partial charge in [0.15, 0.2) is 0 Å². The van der Waals surface area contributed by atoms with Crippen molar-refractivity contribution in [2.75, 3.05) is 18.5 Å². The molecule has 0 aliphatic rings. The number of aliphatic hydroxyl groups is 1. The Kier molecular flexibility index (Phi) is 5.02. The van der Waals surface area contributed by atoms with Gasteiger partial charge in [0, 0.05) is 24.4 Å². The standard InChI is InChI=1S/C17H17FN4O2/c18-14-1-4-16(5-2-14)22-12-13(10-21-22)9-19-15-3-6-17(20-11-15)24-8-7-23/h1-6,10-12,19,23H,7-9H2. The lowest BCUT2D eigenvalue weighted by atomic mass is 10.3. The van der Waals surface area contributed by atoms with Gasteiger partial charge in [-0.25, -0.2) is 14.1 Å². The number of aromatic nitrogens is 3. The Morgan fingerprint density at radius 1 is 1.12 bits per heavy atom. The minimum absolute atomic E-state index is 0.0419. The van der Waals surface area contributed by atoms with Crippen LogP contribution in [0.15, 0.2) is 55.0 Å². The van der Waals surface area contributed by atoms with E-state index in [-0.39, 0.29) is 19.0 Å². The Hall–Kier alpha value is -2.93. The van der Waals surface area contributed by atoms with Crippen LogP contribution in [-0.4, -0.2) is 33.1 Å². The summed E-state index contributed by atoms with van der Waals surface area (Å²) < 4.78 is 19.8. The molecule has 3 rings (SSSR count). The zero-order chi connectivity index (χ0) is 16.8. The molecule has 24 heavy (non-hydrogen) atoms. The van der Waals surface area contributed by atoms with Crippen LogP contribution in [0.1, 0.15) is 5.56 Å². The highest BCUT2D eigenvalue weighted by atomic mass is 19.1. The number of benzene rings is 1. The van der Waals surface area contributed by atoms with E-state index in [1.54, 1.807) is 35.3 Å². The average Bonchev–Trinajstić information content (AvgIpc) is 3.09. The van der Waals surface area contributed by atoms with Gasteiger partial charge in [-0.2, -0.15) is 5.10 Å². The molecule has 0 fully saturated rings. The number of hydrogen-bond acceptors (Lipinski definition) is 5. The van der Waals surface area contributed by atoms with Gasteiger partial charge in [-0.15, -0.1) is 0 Å². The van der Waals surface area contributed by atoms with Gasteiger partial charge in [-0.3, -0.25) is 0 Å². The lowest BCUT2D eigenvalue weighted by Crippen LogP contribution is -2.03. The quantitative estimate of drug-likeness (QED) is 0.697. The van der Waals surface area contributed by atoms with E-state index in [4.69, 9.17) is 9.84 Å². The Morgan fingerprint density at radius 3 is 2.67 bits per heavy atom. The van der Waals surface area contributed by atoms with Crippen molar-refractivity contribution < 1.29 is 14.2 Å². The van der Waals surface area contributed by atoms with Gasteiger partial charge in [0.1, 0.15) is 12.4 Å². The number of pyridine rings is 1. The van der Waals surface area contributed by atoms with E-state index in [0.29, 0.717) is 12.4 Å². The number of aliphatic hydroxyl groups excluding tert-OH is 1. The zero-order valence-electron chi connectivity index (χ0n) is 12.9. The van der Waals surface area contributed by atoms with Crippen molar-refractivity contribution in [2.45, 2.75) is 6.54 Å². The number of nitrogens with zero attached hydrogens (tertiary/aromatic N) is 3. The molecule has 0 spiro atoms. The third-order valence-electron chi connectivity index (χ3n) is 3.30. The number of ether oxygens (including phenoxy) is 1. The maximum absolute atomic E-state index is 12.9. The molecule has 0 radical (unpaired) electrons. The summed E-state index contributed by atoms with van der Waals surface area (Å²) in [5.41, 5.74) is 2.63. The first-order valence-corrected chi connectivity index (χ1v) is 7.48. The fourth-order valence-corrected chi connectivity index (χ4v) is 2.11. The summed E-state index contributed by atoms with van der Waals surface area (Å²) >= 11 is 0. The van der Waals surface area contributed by atoms with Crippen molar-refractivity contribution in [3.8, 4) is 11.6 Å². The third-order valence-corrected chi connectivity index (χ3v) is 3.30. The van der Waals surface area contributed by atoms with Crippen molar-refractivity contribution in [3.63, 3.8) is 0 Å². The summed E-state index contributed by atoms with van der Waals surface area (Å²) in [5, 5.41) is 16.2. The number of anilines is 1. The molecule has 0 bridgehead atoms. The highest BCUT2D eigenvalue weighted by Gasteiger charge is 2.02. The molecule has 6 nitrogen and oxygen atoms in total. The molecule has 0 unspecified atom stereocenters. The van der Waals surface area contributed by atoms with Crippen LogP contribution in [-0.2, 0) is 6.54 Å². The van der Waals surface area contributed by atoms with Crippen molar-refractivity contribution >= 4 is 5.69 Å². The molecule has 0 aliphatic heterocycles. The predicted octanol–water partition coefficient (Wildman–Crippen LogP) is 2.39. The molecule has 0 saturated carbocycles. The van der Waals surface area contributed by atoms with Crippen LogP contribution >= 0.6 is 0 Å². The van der Waals surface area contributed by atoms with E-state index < -0.39 is 0 Å². The summed E-state index contributed by atoms with van der Waals surface area (Å²) in [7, 11) is 0. The number of nitrogens with one attached hydrogen (secondary N) is 1. The Morgan fingerprint density at radius 2 is 1.96 bits per heavy atom. The van der Waals surface area contributed by atoms with E-state index in [1.807, 2.05) is 12.3 Å². The molecule has 0 atom stereocenters. The van der Waals surface area contributed by atoms with Crippen LogP contribution in [0.5, 0.6) is 5.88 Å². The van der Waals surface area contributed by atoms with Crippen LogP contribution in [0.2, 0.25) is 0 Å². The zero-order valence-corrected chi connectivity index (χ0v) is 12.9. The molecule has 1 aromatic carbocycles. The van der Waals surface area contributed by atoms with Gasteiger partial charge in [-0.05, 0) is 30.3 Å². The number of rotatable bonds is 7. The van der Waals surface area contributed by atoms with E-state index in [1.165, 1.54) is 12.1 Å². The van der Waals surface area contributed by atoms with Crippen molar-refractivity contribution in [3.05, 3.63) is 66.4 Å². The summed E-state index contributed by atoms with van der Waals surface area (Å²) in [6.07, 6.45) is 5.30. The second-order valence-corrected chi connectivity index (χ2v) is 5.08. The monoisotopic (exact) mass is 328 g/mol. The molecule has 0 amide bonds. The first-order valence-electron chi connectivity index (χ1n) is 7.48. The van der Waals surface area contributed by atoms with Crippen LogP contribution < -0.4 is 10.1 Å². The first kappa shape index (κ1) is 15.9. The van der Waals surface area contributed by atoms with Crippen molar-refractivity contribution in [1.82, 2.24) is 14.8 Å². The fraction of sp³-hybridized carbons (Fsp3) is 0.176. The summed E-state index contributed by atoms with van der Waals surface area (Å²) in [4.78, 5) is 4.14. The molecule has 0 saturated heterocycles. The molecule has 7 heteroatoms. The second kappa shape index (κ2) is 7.56. The molecule has 2 heterocycles. The molecule has 2 aromatic heterocycles. The molecule has 0 aliphatic carbocycles. The maximum atomic E-state index is 12.9. The van der Waals surface area contributed by atoms with Crippen LogP contribution in [0.3, 0.4) is 0 Å². The average molecular weight is 328 g/mol. The minimum atomic E-state index is -0.272. The highest BCUT2D eigenvalue weighted by Crippen LogP contribution is 2.14. The topological polar surface area (TPSA) is 72.2 Å². The molecule has 2 N–H and O–H groups in total. The number of halogens is 1. The summed E-state index contributed by atoms with van der Waals surface area (Å²) in [6, 6.07) is 9.75. The largest absolute Gasteiger partial charge is 0.475 e. The maximum Gasteiger partial charge on any atom is 0.213 e. The predicted molar refractivity (Wildman–Crippen MR) is 87.7 cm³/mol. The fourth-order valence-electron chi connectivity index (χ4n) is 2.11. The lowest BCUT2D eigenvalue weighted by Gasteiger charge is -2.06. The molecule has 124 valence electrons.